The second-order valence-electron chi connectivity index (χ2n) is 5.45. The maximum atomic E-state index is 3.62. The molecule has 100 valence electrons. The van der Waals surface area contributed by atoms with Gasteiger partial charge in [0.05, 0.1) is 0 Å². The smallest absolute Gasteiger partial charge is 0.0208 e. The van der Waals surface area contributed by atoms with Crippen molar-refractivity contribution in [2.75, 3.05) is 6.54 Å². The van der Waals surface area contributed by atoms with Gasteiger partial charge in [-0.3, -0.25) is 0 Å². The number of hydrogen-bond acceptors (Lipinski definition) is 2. The normalized spacial score (nSPS) is 16.3. The van der Waals surface area contributed by atoms with Crippen LogP contribution in [0, 0.1) is 0 Å². The molecule has 1 aliphatic heterocycles. The molecule has 0 radical (unpaired) electrons. The number of rotatable bonds is 6. The van der Waals surface area contributed by atoms with Gasteiger partial charge in [0, 0.05) is 19.1 Å². The Hall–Kier alpha value is -0.860. The van der Waals surface area contributed by atoms with E-state index in [0.717, 1.165) is 19.6 Å². The summed E-state index contributed by atoms with van der Waals surface area (Å²) < 4.78 is 0. The van der Waals surface area contributed by atoms with Crippen LogP contribution in [0.5, 0.6) is 0 Å². The average molecular weight is 246 g/mol. The lowest BCUT2D eigenvalue weighted by atomic mass is 9.98. The second-order valence-corrected chi connectivity index (χ2v) is 5.45. The number of fused-ring (bicyclic) bond motifs is 1. The molecule has 1 unspecified atom stereocenters. The number of benzene rings is 1. The lowest BCUT2D eigenvalue weighted by molar-refractivity contribution is 0.494. The number of nitrogens with one attached hydrogen (secondary N) is 2. The molecule has 0 saturated heterocycles. The molecule has 1 atom stereocenters. The zero-order valence-corrected chi connectivity index (χ0v) is 11.8. The summed E-state index contributed by atoms with van der Waals surface area (Å²) in [6, 6.07) is 7.58. The molecule has 1 aliphatic rings. The molecule has 2 heteroatoms. The monoisotopic (exact) mass is 246 g/mol. The SMILES string of the molecule is CCCCC(C)NCc1ccc2c(c1)CNCC2. The van der Waals surface area contributed by atoms with Crippen molar-refractivity contribution >= 4 is 0 Å². The van der Waals surface area contributed by atoms with Gasteiger partial charge in [0.2, 0.25) is 0 Å². The van der Waals surface area contributed by atoms with Crippen LogP contribution in [0.1, 0.15) is 49.8 Å². The molecule has 0 amide bonds. The Kier molecular flexibility index (Phi) is 5.21. The van der Waals surface area contributed by atoms with Gasteiger partial charge < -0.3 is 10.6 Å². The summed E-state index contributed by atoms with van der Waals surface area (Å²) in [5, 5.41) is 7.06. The van der Waals surface area contributed by atoms with Crippen molar-refractivity contribution in [1.29, 1.82) is 0 Å². The van der Waals surface area contributed by atoms with E-state index in [1.807, 2.05) is 0 Å². The fourth-order valence-electron chi connectivity index (χ4n) is 2.55. The van der Waals surface area contributed by atoms with Crippen LogP contribution in [-0.4, -0.2) is 12.6 Å². The lowest BCUT2D eigenvalue weighted by Gasteiger charge is -2.19. The molecule has 1 aromatic rings. The van der Waals surface area contributed by atoms with Crippen molar-refractivity contribution < 1.29 is 0 Å². The van der Waals surface area contributed by atoms with E-state index in [4.69, 9.17) is 0 Å². The minimum Gasteiger partial charge on any atom is -0.312 e. The van der Waals surface area contributed by atoms with Crippen LogP contribution < -0.4 is 10.6 Å². The Bertz CT molecular complexity index is 373. The van der Waals surface area contributed by atoms with Gasteiger partial charge in [-0.15, -0.1) is 0 Å². The third-order valence-corrected chi connectivity index (χ3v) is 3.80. The molecule has 2 nitrogen and oxygen atoms in total. The zero-order valence-electron chi connectivity index (χ0n) is 11.8. The molecule has 0 saturated carbocycles. The van der Waals surface area contributed by atoms with Gasteiger partial charge in [-0.05, 0) is 43.0 Å². The minimum absolute atomic E-state index is 0.624. The van der Waals surface area contributed by atoms with Crippen molar-refractivity contribution in [3.05, 3.63) is 34.9 Å². The predicted octanol–water partition coefficient (Wildman–Crippen LogP) is 3.00. The van der Waals surface area contributed by atoms with Crippen LogP contribution in [0.2, 0.25) is 0 Å². The first kappa shape index (κ1) is 13.6. The fourth-order valence-corrected chi connectivity index (χ4v) is 2.55. The van der Waals surface area contributed by atoms with E-state index in [9.17, 15) is 0 Å². The van der Waals surface area contributed by atoms with Gasteiger partial charge in [-0.2, -0.15) is 0 Å². The summed E-state index contributed by atoms with van der Waals surface area (Å²) in [6.07, 6.45) is 5.07. The third-order valence-electron chi connectivity index (χ3n) is 3.80. The first-order valence-corrected chi connectivity index (χ1v) is 7.34. The van der Waals surface area contributed by atoms with Gasteiger partial charge in [-0.1, -0.05) is 38.0 Å². The largest absolute Gasteiger partial charge is 0.312 e. The fraction of sp³-hybridized carbons (Fsp3) is 0.625. The van der Waals surface area contributed by atoms with Crippen molar-refractivity contribution in [2.45, 2.75) is 58.7 Å². The maximum absolute atomic E-state index is 3.62. The first-order valence-electron chi connectivity index (χ1n) is 7.34. The Morgan fingerprint density at radius 1 is 1.33 bits per heavy atom. The summed E-state index contributed by atoms with van der Waals surface area (Å²) in [5.74, 6) is 0. The van der Waals surface area contributed by atoms with E-state index in [1.165, 1.54) is 42.4 Å². The van der Waals surface area contributed by atoms with Crippen LogP contribution >= 0.6 is 0 Å². The highest BCUT2D eigenvalue weighted by molar-refractivity contribution is 5.33. The standard InChI is InChI=1S/C16H26N2/c1-3-4-5-13(2)18-11-14-6-7-15-8-9-17-12-16(15)10-14/h6-7,10,13,17-18H,3-5,8-9,11-12H2,1-2H3. The van der Waals surface area contributed by atoms with E-state index < -0.39 is 0 Å². The molecule has 2 N–H and O–H groups in total. The van der Waals surface area contributed by atoms with Crippen LogP contribution in [0.15, 0.2) is 18.2 Å². The van der Waals surface area contributed by atoms with Gasteiger partial charge >= 0.3 is 0 Å². The highest BCUT2D eigenvalue weighted by atomic mass is 14.9. The molecule has 0 spiro atoms. The lowest BCUT2D eigenvalue weighted by Crippen LogP contribution is -2.26. The second kappa shape index (κ2) is 6.91. The topological polar surface area (TPSA) is 24.1 Å². The summed E-state index contributed by atoms with van der Waals surface area (Å²) in [7, 11) is 0. The zero-order chi connectivity index (χ0) is 12.8. The Morgan fingerprint density at radius 3 is 3.06 bits per heavy atom. The van der Waals surface area contributed by atoms with Crippen LogP contribution in [0.3, 0.4) is 0 Å². The van der Waals surface area contributed by atoms with Crippen molar-refractivity contribution in [3.8, 4) is 0 Å². The highest BCUT2D eigenvalue weighted by Crippen LogP contribution is 2.16. The Morgan fingerprint density at radius 2 is 2.22 bits per heavy atom. The van der Waals surface area contributed by atoms with Crippen molar-refractivity contribution in [2.24, 2.45) is 0 Å². The number of unbranched alkanes of at least 4 members (excludes halogenated alkanes) is 1. The van der Waals surface area contributed by atoms with Crippen molar-refractivity contribution in [3.63, 3.8) is 0 Å². The highest BCUT2D eigenvalue weighted by Gasteiger charge is 2.09. The summed E-state index contributed by atoms with van der Waals surface area (Å²) in [5.41, 5.74) is 4.43. The number of hydrogen-bond donors (Lipinski definition) is 2. The van der Waals surface area contributed by atoms with E-state index >= 15 is 0 Å². The van der Waals surface area contributed by atoms with Crippen LogP contribution in [-0.2, 0) is 19.5 Å². The van der Waals surface area contributed by atoms with Gasteiger partial charge in [0.15, 0.2) is 0 Å². The first-order chi connectivity index (χ1) is 8.79. The van der Waals surface area contributed by atoms with Gasteiger partial charge in [0.1, 0.15) is 0 Å². The van der Waals surface area contributed by atoms with Gasteiger partial charge in [0.25, 0.3) is 0 Å². The van der Waals surface area contributed by atoms with E-state index in [2.05, 4.69) is 42.7 Å². The predicted molar refractivity (Wildman–Crippen MR) is 77.7 cm³/mol. The molecule has 18 heavy (non-hydrogen) atoms. The average Bonchev–Trinajstić information content (AvgIpc) is 2.42. The third kappa shape index (κ3) is 3.82. The van der Waals surface area contributed by atoms with Crippen molar-refractivity contribution in [1.82, 2.24) is 10.6 Å². The maximum Gasteiger partial charge on any atom is 0.0208 e. The molecule has 1 aromatic carbocycles. The molecule has 0 aromatic heterocycles. The molecule has 0 aliphatic carbocycles. The van der Waals surface area contributed by atoms with E-state index in [0.29, 0.717) is 6.04 Å². The summed E-state index contributed by atoms with van der Waals surface area (Å²) in [6.45, 7) is 7.70. The minimum atomic E-state index is 0.624. The summed E-state index contributed by atoms with van der Waals surface area (Å²) in [4.78, 5) is 0. The van der Waals surface area contributed by atoms with Gasteiger partial charge in [-0.25, -0.2) is 0 Å². The van der Waals surface area contributed by atoms with Crippen LogP contribution in [0.25, 0.3) is 0 Å². The van der Waals surface area contributed by atoms with E-state index in [1.54, 1.807) is 0 Å². The molecule has 0 bridgehead atoms. The molecule has 1 heterocycles. The van der Waals surface area contributed by atoms with E-state index in [-0.39, 0.29) is 0 Å². The Labute approximate surface area is 111 Å². The molecular weight excluding hydrogens is 220 g/mol. The summed E-state index contributed by atoms with van der Waals surface area (Å²) >= 11 is 0. The molecule has 0 fully saturated rings. The Balaban J connectivity index is 1.86. The van der Waals surface area contributed by atoms with Crippen LogP contribution in [0.4, 0.5) is 0 Å². The molecular formula is C16H26N2. The molecule has 2 rings (SSSR count). The quantitative estimate of drug-likeness (QED) is 0.806.